The summed E-state index contributed by atoms with van der Waals surface area (Å²) in [6.45, 7) is 15.4. The van der Waals surface area contributed by atoms with E-state index in [9.17, 15) is 0 Å². The zero-order valence-electron chi connectivity index (χ0n) is 12.8. The summed E-state index contributed by atoms with van der Waals surface area (Å²) in [6, 6.07) is 0.695. The lowest BCUT2D eigenvalue weighted by Gasteiger charge is -2.46. The molecule has 1 aliphatic rings. The van der Waals surface area contributed by atoms with Gasteiger partial charge in [-0.1, -0.05) is 27.7 Å². The van der Waals surface area contributed by atoms with Gasteiger partial charge >= 0.3 is 0 Å². The second-order valence-electron chi connectivity index (χ2n) is 7.96. The van der Waals surface area contributed by atoms with Crippen LogP contribution in [0.4, 0.5) is 0 Å². The molecule has 0 radical (unpaired) electrons. The van der Waals surface area contributed by atoms with E-state index in [1.165, 1.54) is 19.3 Å². The van der Waals surface area contributed by atoms with Gasteiger partial charge in [0.05, 0.1) is 0 Å². The highest BCUT2D eigenvalue weighted by molar-refractivity contribution is 7.99. The molecule has 0 amide bonds. The molecule has 1 nitrogen and oxygen atoms in total. The Morgan fingerprint density at radius 3 is 2.00 bits per heavy atom. The van der Waals surface area contributed by atoms with E-state index >= 15 is 0 Å². The van der Waals surface area contributed by atoms with Crippen LogP contribution in [-0.4, -0.2) is 23.6 Å². The van der Waals surface area contributed by atoms with E-state index in [-0.39, 0.29) is 0 Å². The predicted octanol–water partition coefficient (Wildman–Crippen LogP) is 4.32. The van der Waals surface area contributed by atoms with Crippen molar-refractivity contribution in [3.63, 3.8) is 0 Å². The van der Waals surface area contributed by atoms with Crippen LogP contribution >= 0.6 is 11.8 Å². The molecule has 1 aliphatic carbocycles. The third-order valence-corrected chi connectivity index (χ3v) is 5.17. The Labute approximate surface area is 113 Å². The molecule has 2 heteroatoms. The lowest BCUT2D eigenvalue weighted by molar-refractivity contribution is 0.0845. The van der Waals surface area contributed by atoms with Gasteiger partial charge in [0.2, 0.25) is 0 Å². The molecule has 1 fully saturated rings. The van der Waals surface area contributed by atoms with Crippen LogP contribution in [0, 0.1) is 10.8 Å². The van der Waals surface area contributed by atoms with Crippen LogP contribution in [0.25, 0.3) is 0 Å². The summed E-state index contributed by atoms with van der Waals surface area (Å²) in [5.41, 5.74) is 0.978. The Hall–Kier alpha value is 0.310. The highest BCUT2D eigenvalue weighted by Crippen LogP contribution is 2.45. The smallest absolute Gasteiger partial charge is 0.0225 e. The van der Waals surface area contributed by atoms with Crippen molar-refractivity contribution >= 4 is 11.8 Å². The lowest BCUT2D eigenvalue weighted by atomic mass is 9.63. The predicted molar refractivity (Wildman–Crippen MR) is 80.8 cm³/mol. The van der Waals surface area contributed by atoms with Crippen molar-refractivity contribution in [2.75, 3.05) is 12.8 Å². The topological polar surface area (TPSA) is 12.0 Å². The van der Waals surface area contributed by atoms with E-state index in [4.69, 9.17) is 0 Å². The number of hydrogen-bond donors (Lipinski definition) is 1. The average molecular weight is 257 g/mol. The third-order valence-electron chi connectivity index (χ3n) is 3.92. The minimum atomic E-state index is 0.353. The summed E-state index contributed by atoms with van der Waals surface area (Å²) in [5.74, 6) is 0. The van der Waals surface area contributed by atoms with Gasteiger partial charge in [-0.3, -0.25) is 0 Å². The molecule has 1 saturated carbocycles. The van der Waals surface area contributed by atoms with E-state index in [1.54, 1.807) is 0 Å². The molecule has 0 aliphatic heterocycles. The van der Waals surface area contributed by atoms with Gasteiger partial charge in [0.25, 0.3) is 0 Å². The van der Waals surface area contributed by atoms with Crippen molar-refractivity contribution in [1.82, 2.24) is 5.32 Å². The quantitative estimate of drug-likeness (QED) is 0.805. The molecule has 0 atom stereocenters. The Balaban J connectivity index is 2.54. The van der Waals surface area contributed by atoms with Gasteiger partial charge in [-0.05, 0) is 50.2 Å². The van der Waals surface area contributed by atoms with E-state index in [2.05, 4.69) is 53.1 Å². The molecule has 0 aromatic carbocycles. The molecule has 0 aromatic rings. The summed E-state index contributed by atoms with van der Waals surface area (Å²) in [4.78, 5) is 0. The van der Waals surface area contributed by atoms with Crippen LogP contribution in [0.15, 0.2) is 0 Å². The van der Waals surface area contributed by atoms with Crippen molar-refractivity contribution in [1.29, 1.82) is 0 Å². The van der Waals surface area contributed by atoms with Gasteiger partial charge in [0.1, 0.15) is 0 Å². The third kappa shape index (κ3) is 5.21. The first-order valence-electron chi connectivity index (χ1n) is 6.84. The summed E-state index contributed by atoms with van der Waals surface area (Å²) in [6.07, 6.45) is 6.20. The second kappa shape index (κ2) is 5.13. The van der Waals surface area contributed by atoms with Crippen LogP contribution in [0.5, 0.6) is 0 Å². The molecule has 17 heavy (non-hydrogen) atoms. The minimum Gasteiger partial charge on any atom is -0.313 e. The highest BCUT2D eigenvalue weighted by atomic mass is 32.2. The molecule has 0 heterocycles. The number of hydrogen-bond acceptors (Lipinski definition) is 2. The van der Waals surface area contributed by atoms with Crippen LogP contribution in [0.3, 0.4) is 0 Å². The number of thioether (sulfide) groups is 1. The highest BCUT2D eigenvalue weighted by Gasteiger charge is 2.38. The average Bonchev–Trinajstić information content (AvgIpc) is 2.10. The Bertz CT molecular complexity index is 240. The first-order chi connectivity index (χ1) is 7.55. The van der Waals surface area contributed by atoms with Crippen molar-refractivity contribution in [3.8, 4) is 0 Å². The Morgan fingerprint density at radius 2 is 1.59 bits per heavy atom. The maximum absolute atomic E-state index is 3.80. The van der Waals surface area contributed by atoms with Crippen LogP contribution < -0.4 is 5.32 Å². The van der Waals surface area contributed by atoms with Gasteiger partial charge in [-0.2, -0.15) is 11.8 Å². The largest absolute Gasteiger partial charge is 0.313 e. The number of nitrogens with one attached hydrogen (secondary N) is 1. The first kappa shape index (κ1) is 15.4. The van der Waals surface area contributed by atoms with E-state index in [0.29, 0.717) is 21.6 Å². The summed E-state index contributed by atoms with van der Waals surface area (Å²) in [7, 11) is 0. The summed E-state index contributed by atoms with van der Waals surface area (Å²) >= 11 is 1.95. The summed E-state index contributed by atoms with van der Waals surface area (Å²) < 4.78 is 0.353. The van der Waals surface area contributed by atoms with E-state index < -0.39 is 0 Å². The van der Waals surface area contributed by atoms with Gasteiger partial charge < -0.3 is 5.32 Å². The monoisotopic (exact) mass is 257 g/mol. The number of rotatable bonds is 4. The Morgan fingerprint density at radius 1 is 1.12 bits per heavy atom. The van der Waals surface area contributed by atoms with Gasteiger partial charge in [-0.15, -0.1) is 0 Å². The molecular formula is C15H31NS. The lowest BCUT2D eigenvalue weighted by Crippen LogP contribution is -2.47. The molecule has 0 spiro atoms. The standard InChI is InChI=1S/C15H31NS/c1-13(2)8-12(9-14(3,4)10-13)16-11-15(5,6)17-7/h12,16H,8-11H2,1-7H3. The zero-order valence-corrected chi connectivity index (χ0v) is 13.6. The van der Waals surface area contributed by atoms with Crippen LogP contribution in [-0.2, 0) is 0 Å². The van der Waals surface area contributed by atoms with E-state index in [1.807, 2.05) is 11.8 Å². The normalized spacial score (nSPS) is 24.9. The minimum absolute atomic E-state index is 0.353. The second-order valence-corrected chi connectivity index (χ2v) is 9.47. The fraction of sp³-hybridized carbons (Fsp3) is 1.00. The van der Waals surface area contributed by atoms with Gasteiger partial charge in [0.15, 0.2) is 0 Å². The molecule has 1 rings (SSSR count). The van der Waals surface area contributed by atoms with Gasteiger partial charge in [-0.25, -0.2) is 0 Å². The van der Waals surface area contributed by atoms with Gasteiger partial charge in [0, 0.05) is 17.3 Å². The zero-order chi connectivity index (χ0) is 13.3. The van der Waals surface area contributed by atoms with Crippen molar-refractivity contribution in [2.45, 2.75) is 71.6 Å². The summed E-state index contributed by atoms with van der Waals surface area (Å²) in [5, 5.41) is 3.80. The molecule has 102 valence electrons. The molecule has 1 N–H and O–H groups in total. The first-order valence-corrected chi connectivity index (χ1v) is 8.06. The van der Waals surface area contributed by atoms with Crippen molar-refractivity contribution < 1.29 is 0 Å². The van der Waals surface area contributed by atoms with Crippen molar-refractivity contribution in [3.05, 3.63) is 0 Å². The molecule has 0 aromatic heterocycles. The molecule has 0 bridgehead atoms. The maximum atomic E-state index is 3.80. The van der Waals surface area contributed by atoms with Crippen molar-refractivity contribution in [2.24, 2.45) is 10.8 Å². The van der Waals surface area contributed by atoms with E-state index in [0.717, 1.165) is 6.54 Å². The SMILES string of the molecule is CSC(C)(C)CNC1CC(C)(C)CC(C)(C)C1. The fourth-order valence-electron chi connectivity index (χ4n) is 3.45. The molecule has 0 saturated heterocycles. The fourth-order valence-corrected chi connectivity index (χ4v) is 3.68. The van der Waals surface area contributed by atoms with Crippen LogP contribution in [0.1, 0.15) is 60.8 Å². The molecular weight excluding hydrogens is 226 g/mol. The van der Waals surface area contributed by atoms with Crippen LogP contribution in [0.2, 0.25) is 0 Å². The maximum Gasteiger partial charge on any atom is 0.0225 e. The molecule has 0 unspecified atom stereocenters. The Kier molecular flexibility index (Phi) is 4.63.